The third-order valence-electron chi connectivity index (χ3n) is 4.24. The van der Waals surface area contributed by atoms with Crippen LogP contribution < -0.4 is 20.9 Å². The summed E-state index contributed by atoms with van der Waals surface area (Å²) in [5.74, 6) is 1.94. The maximum atomic E-state index is 5.41. The predicted octanol–water partition coefficient (Wildman–Crippen LogP) is 3.91. The van der Waals surface area contributed by atoms with Gasteiger partial charge in [0.1, 0.15) is 11.6 Å². The zero-order valence-electron chi connectivity index (χ0n) is 17.8. The summed E-state index contributed by atoms with van der Waals surface area (Å²) in [7, 11) is 1.61. The lowest BCUT2D eigenvalue weighted by Crippen LogP contribution is -2.04. The number of hydrogen-bond donors (Lipinski definition) is 3. The van der Waals surface area contributed by atoms with E-state index in [-0.39, 0.29) is 5.95 Å². The quantitative estimate of drug-likeness (QED) is 0.265. The first kappa shape index (κ1) is 21.4. The summed E-state index contributed by atoms with van der Waals surface area (Å²) < 4.78 is 5.41. The first-order valence-corrected chi connectivity index (χ1v) is 9.97. The van der Waals surface area contributed by atoms with Gasteiger partial charge < -0.3 is 10.1 Å². The zero-order valence-corrected chi connectivity index (χ0v) is 17.8. The van der Waals surface area contributed by atoms with Crippen molar-refractivity contribution >= 4 is 35.7 Å². The number of hydrogen-bond acceptors (Lipinski definition) is 10. The van der Waals surface area contributed by atoms with Crippen LogP contribution in [-0.4, -0.2) is 39.5 Å². The van der Waals surface area contributed by atoms with E-state index in [1.165, 1.54) is 0 Å². The van der Waals surface area contributed by atoms with Gasteiger partial charge in [0.2, 0.25) is 5.95 Å². The van der Waals surface area contributed by atoms with Crippen LogP contribution in [0, 0.1) is 0 Å². The molecule has 0 saturated heterocycles. The molecule has 4 rings (SSSR count). The van der Waals surface area contributed by atoms with Crippen molar-refractivity contribution in [1.82, 2.24) is 19.9 Å². The SMILES string of the molecule is COc1ccccc1Nc1cc(NN=Cc2cccnc2)nc(NN=Cc2cccnc2)n1. The topological polar surface area (TPSA) is 122 Å². The van der Waals surface area contributed by atoms with Crippen LogP contribution in [-0.2, 0) is 0 Å². The summed E-state index contributed by atoms with van der Waals surface area (Å²) >= 11 is 0. The molecule has 3 aromatic heterocycles. The van der Waals surface area contributed by atoms with Crippen molar-refractivity contribution in [2.45, 2.75) is 0 Å². The van der Waals surface area contributed by atoms with E-state index in [2.05, 4.69) is 46.3 Å². The van der Waals surface area contributed by atoms with Gasteiger partial charge in [-0.3, -0.25) is 15.4 Å². The minimum absolute atomic E-state index is 0.272. The second-order valence-corrected chi connectivity index (χ2v) is 6.60. The summed E-state index contributed by atoms with van der Waals surface area (Å²) in [5, 5.41) is 11.7. The highest BCUT2D eigenvalue weighted by atomic mass is 16.5. The van der Waals surface area contributed by atoms with Crippen LogP contribution >= 0.6 is 0 Å². The summed E-state index contributed by atoms with van der Waals surface area (Å²) in [6.45, 7) is 0. The first-order valence-electron chi connectivity index (χ1n) is 9.97. The van der Waals surface area contributed by atoms with Crippen molar-refractivity contribution in [1.29, 1.82) is 0 Å². The Labute approximate surface area is 190 Å². The number of anilines is 4. The van der Waals surface area contributed by atoms with Crippen LogP contribution in [0.2, 0.25) is 0 Å². The van der Waals surface area contributed by atoms with E-state index in [0.717, 1.165) is 16.8 Å². The number of aromatic nitrogens is 4. The van der Waals surface area contributed by atoms with E-state index < -0.39 is 0 Å². The average Bonchev–Trinajstić information content (AvgIpc) is 2.86. The van der Waals surface area contributed by atoms with Gasteiger partial charge in [-0.1, -0.05) is 24.3 Å². The van der Waals surface area contributed by atoms with Gasteiger partial charge in [0.25, 0.3) is 0 Å². The Morgan fingerprint density at radius 2 is 1.45 bits per heavy atom. The average molecular weight is 439 g/mol. The number of nitrogens with zero attached hydrogens (tertiary/aromatic N) is 6. The zero-order chi connectivity index (χ0) is 22.7. The van der Waals surface area contributed by atoms with Gasteiger partial charge in [-0.2, -0.15) is 20.2 Å². The van der Waals surface area contributed by atoms with Gasteiger partial charge in [-0.15, -0.1) is 0 Å². The van der Waals surface area contributed by atoms with E-state index in [9.17, 15) is 0 Å². The lowest BCUT2D eigenvalue weighted by molar-refractivity contribution is 0.417. The van der Waals surface area contributed by atoms with Crippen molar-refractivity contribution in [2.75, 3.05) is 23.3 Å². The van der Waals surface area contributed by atoms with Crippen molar-refractivity contribution in [2.24, 2.45) is 10.2 Å². The standard InChI is InChI=1S/C23H21N9O/c1-33-20-9-3-2-8-19(20)28-21-12-22(31-26-15-17-6-4-10-24-13-17)30-23(29-21)32-27-16-18-7-5-11-25-14-18/h2-16H,1H3,(H3,28,29,30,31,32). The summed E-state index contributed by atoms with van der Waals surface area (Å²) in [6, 6.07) is 16.7. The minimum atomic E-state index is 0.272. The lowest BCUT2D eigenvalue weighted by Gasteiger charge is -2.12. The van der Waals surface area contributed by atoms with Crippen LogP contribution in [0.1, 0.15) is 11.1 Å². The van der Waals surface area contributed by atoms with Gasteiger partial charge in [0.15, 0.2) is 5.82 Å². The molecule has 1 aromatic carbocycles. The van der Waals surface area contributed by atoms with E-state index in [0.29, 0.717) is 17.4 Å². The molecule has 0 fully saturated rings. The fourth-order valence-electron chi connectivity index (χ4n) is 2.75. The van der Waals surface area contributed by atoms with Crippen LogP contribution in [0.5, 0.6) is 5.75 Å². The van der Waals surface area contributed by atoms with Crippen LogP contribution in [0.4, 0.5) is 23.3 Å². The van der Waals surface area contributed by atoms with Gasteiger partial charge in [0.05, 0.1) is 25.2 Å². The molecular formula is C23H21N9O. The van der Waals surface area contributed by atoms with E-state index >= 15 is 0 Å². The molecule has 0 saturated carbocycles. The predicted molar refractivity (Wildman–Crippen MR) is 129 cm³/mol. The van der Waals surface area contributed by atoms with E-state index in [1.807, 2.05) is 48.5 Å². The second kappa shape index (κ2) is 11.0. The summed E-state index contributed by atoms with van der Waals surface area (Å²) in [6.07, 6.45) is 10.1. The largest absolute Gasteiger partial charge is 0.495 e. The second-order valence-electron chi connectivity index (χ2n) is 6.60. The normalized spacial score (nSPS) is 10.9. The number of benzene rings is 1. The van der Waals surface area contributed by atoms with Crippen molar-refractivity contribution in [3.8, 4) is 5.75 Å². The summed E-state index contributed by atoms with van der Waals surface area (Å²) in [5.41, 5.74) is 8.21. The molecule has 0 aliphatic carbocycles. The molecule has 0 radical (unpaired) electrons. The minimum Gasteiger partial charge on any atom is -0.495 e. The monoisotopic (exact) mass is 439 g/mol. The molecule has 164 valence electrons. The third-order valence-corrected chi connectivity index (χ3v) is 4.24. The molecule has 10 nitrogen and oxygen atoms in total. The highest BCUT2D eigenvalue weighted by molar-refractivity contribution is 5.80. The molecule has 0 aliphatic rings. The van der Waals surface area contributed by atoms with Crippen LogP contribution in [0.3, 0.4) is 0 Å². The molecule has 3 heterocycles. The Morgan fingerprint density at radius 1 is 0.788 bits per heavy atom. The Kier molecular flexibility index (Phi) is 7.10. The Hall–Kier alpha value is -4.86. The lowest BCUT2D eigenvalue weighted by atomic mass is 10.3. The maximum Gasteiger partial charge on any atom is 0.247 e. The van der Waals surface area contributed by atoms with Crippen LogP contribution in [0.25, 0.3) is 0 Å². The Balaban J connectivity index is 1.56. The number of methoxy groups -OCH3 is 1. The number of ether oxygens (including phenoxy) is 1. The molecule has 10 heteroatoms. The van der Waals surface area contributed by atoms with Gasteiger partial charge in [-0.05, 0) is 24.3 Å². The van der Waals surface area contributed by atoms with E-state index in [1.54, 1.807) is 50.4 Å². The Morgan fingerprint density at radius 3 is 2.12 bits per heavy atom. The highest BCUT2D eigenvalue weighted by Gasteiger charge is 2.07. The van der Waals surface area contributed by atoms with E-state index in [4.69, 9.17) is 4.74 Å². The molecule has 3 N–H and O–H groups in total. The molecule has 33 heavy (non-hydrogen) atoms. The molecule has 0 unspecified atom stereocenters. The number of hydrazone groups is 2. The molecule has 0 spiro atoms. The Bertz CT molecular complexity index is 1160. The summed E-state index contributed by atoms with van der Waals surface area (Å²) in [4.78, 5) is 17.0. The highest BCUT2D eigenvalue weighted by Crippen LogP contribution is 2.27. The van der Waals surface area contributed by atoms with Crippen molar-refractivity contribution in [3.63, 3.8) is 0 Å². The van der Waals surface area contributed by atoms with Gasteiger partial charge in [-0.25, -0.2) is 5.43 Å². The maximum absolute atomic E-state index is 5.41. The molecule has 4 aromatic rings. The van der Waals surface area contributed by atoms with Crippen molar-refractivity contribution in [3.05, 3.63) is 90.5 Å². The molecule has 0 bridgehead atoms. The fraction of sp³-hybridized carbons (Fsp3) is 0.0435. The number of rotatable bonds is 9. The number of pyridine rings is 2. The molecular weight excluding hydrogens is 418 g/mol. The number of para-hydroxylation sites is 2. The third kappa shape index (κ3) is 6.31. The smallest absolute Gasteiger partial charge is 0.247 e. The van der Waals surface area contributed by atoms with Gasteiger partial charge >= 0.3 is 0 Å². The van der Waals surface area contributed by atoms with Gasteiger partial charge in [0, 0.05) is 42.0 Å². The van der Waals surface area contributed by atoms with Crippen molar-refractivity contribution < 1.29 is 4.74 Å². The fourth-order valence-corrected chi connectivity index (χ4v) is 2.75. The first-order chi connectivity index (χ1) is 16.3. The van der Waals surface area contributed by atoms with Crippen LogP contribution in [0.15, 0.2) is 89.6 Å². The number of nitrogens with one attached hydrogen (secondary N) is 3. The molecule has 0 aliphatic heterocycles. The molecule has 0 atom stereocenters. The molecule has 0 amide bonds.